The first kappa shape index (κ1) is 26.6. The van der Waals surface area contributed by atoms with Crippen LogP contribution >= 0.6 is 15.9 Å². The average molecular weight is 547 g/mol. The Balaban J connectivity index is 1.87. The lowest BCUT2D eigenvalue weighted by molar-refractivity contribution is -0.112. The Hall–Kier alpha value is -4.02. The highest BCUT2D eigenvalue weighted by atomic mass is 79.9. The lowest BCUT2D eigenvalue weighted by Gasteiger charge is -2.16. The van der Waals surface area contributed by atoms with Crippen molar-refractivity contribution in [2.45, 2.75) is 20.0 Å². The Morgan fingerprint density at radius 2 is 1.92 bits per heavy atom. The molecule has 1 amide bonds. The topological polar surface area (TPSA) is 80.6 Å². The van der Waals surface area contributed by atoms with Gasteiger partial charge in [0.25, 0.3) is 5.91 Å². The maximum absolute atomic E-state index is 12.8. The van der Waals surface area contributed by atoms with Gasteiger partial charge in [0.1, 0.15) is 24.0 Å². The first-order chi connectivity index (χ1) is 17.5. The van der Waals surface area contributed by atoms with Crippen LogP contribution in [0.3, 0.4) is 0 Å². The summed E-state index contributed by atoms with van der Waals surface area (Å²) in [5, 5.41) is 12.4. The first-order valence-electron chi connectivity index (χ1n) is 11.3. The molecular formula is C29H27BrN2O4. The van der Waals surface area contributed by atoms with Gasteiger partial charge in [-0.3, -0.25) is 4.79 Å². The summed E-state index contributed by atoms with van der Waals surface area (Å²) < 4.78 is 18.2. The molecule has 3 aromatic carbocycles. The fraction of sp³-hybridized carbons (Fsp3) is 0.172. The smallest absolute Gasteiger partial charge is 0.266 e. The number of carbonyl (C=O) groups excluding carboxylic acids is 1. The van der Waals surface area contributed by atoms with E-state index in [4.69, 9.17) is 14.2 Å². The molecule has 36 heavy (non-hydrogen) atoms. The van der Waals surface area contributed by atoms with Crippen molar-refractivity contribution in [2.24, 2.45) is 0 Å². The molecule has 0 fully saturated rings. The zero-order valence-electron chi connectivity index (χ0n) is 20.2. The van der Waals surface area contributed by atoms with Crippen LogP contribution in [0.15, 0.2) is 83.4 Å². The van der Waals surface area contributed by atoms with Crippen LogP contribution in [0, 0.1) is 11.3 Å². The van der Waals surface area contributed by atoms with Gasteiger partial charge in [0, 0.05) is 21.8 Å². The lowest BCUT2D eigenvalue weighted by atomic mass is 10.0. The molecule has 0 bridgehead atoms. The molecule has 0 aromatic heterocycles. The average Bonchev–Trinajstić information content (AvgIpc) is 2.88. The van der Waals surface area contributed by atoms with Crippen LogP contribution in [-0.4, -0.2) is 19.6 Å². The normalized spacial score (nSPS) is 10.8. The molecule has 184 valence electrons. The third-order valence-electron chi connectivity index (χ3n) is 5.11. The van der Waals surface area contributed by atoms with E-state index in [1.807, 2.05) is 43.3 Å². The Labute approximate surface area is 219 Å². The fourth-order valence-electron chi connectivity index (χ4n) is 3.47. The molecule has 0 aliphatic heterocycles. The molecule has 0 aliphatic rings. The molecule has 6 nitrogen and oxygen atoms in total. The van der Waals surface area contributed by atoms with Gasteiger partial charge in [-0.2, -0.15) is 5.26 Å². The van der Waals surface area contributed by atoms with E-state index >= 15 is 0 Å². The number of halogens is 1. The molecular weight excluding hydrogens is 520 g/mol. The molecule has 1 N–H and O–H groups in total. The molecule has 0 aliphatic carbocycles. The number of hydrogen-bond donors (Lipinski definition) is 1. The van der Waals surface area contributed by atoms with Gasteiger partial charge in [-0.05, 0) is 66.9 Å². The van der Waals surface area contributed by atoms with Gasteiger partial charge in [0.05, 0.1) is 13.7 Å². The molecule has 3 rings (SSSR count). The van der Waals surface area contributed by atoms with Gasteiger partial charge in [0.2, 0.25) is 0 Å². The number of amides is 1. The van der Waals surface area contributed by atoms with Crippen molar-refractivity contribution in [1.29, 1.82) is 5.26 Å². The summed E-state index contributed by atoms with van der Waals surface area (Å²) in [6.07, 6.45) is 3.80. The van der Waals surface area contributed by atoms with Crippen molar-refractivity contribution < 1.29 is 19.0 Å². The number of carbonyl (C=O) groups is 1. The summed E-state index contributed by atoms with van der Waals surface area (Å²) in [6, 6.07) is 20.5. The number of allylic oxidation sites excluding steroid dienone is 1. The number of benzene rings is 3. The van der Waals surface area contributed by atoms with E-state index in [9.17, 15) is 10.1 Å². The van der Waals surface area contributed by atoms with Crippen molar-refractivity contribution in [3.05, 3.63) is 100 Å². The second kappa shape index (κ2) is 13.2. The minimum absolute atomic E-state index is 0.0491. The first-order valence-corrected chi connectivity index (χ1v) is 12.1. The predicted octanol–water partition coefficient (Wildman–Crippen LogP) is 6.71. The van der Waals surface area contributed by atoms with E-state index in [0.29, 0.717) is 48.1 Å². The van der Waals surface area contributed by atoms with Crippen LogP contribution in [0.2, 0.25) is 0 Å². The number of ether oxygens (including phenoxy) is 3. The Morgan fingerprint density at radius 3 is 2.58 bits per heavy atom. The minimum atomic E-state index is -0.522. The lowest BCUT2D eigenvalue weighted by Crippen LogP contribution is -2.13. The number of nitrogens with zero attached hydrogens (tertiary/aromatic N) is 1. The number of methoxy groups -OCH3 is 1. The van der Waals surface area contributed by atoms with Crippen molar-refractivity contribution in [3.63, 3.8) is 0 Å². The molecule has 0 radical (unpaired) electrons. The van der Waals surface area contributed by atoms with Crippen molar-refractivity contribution >= 4 is 33.6 Å². The number of nitrogens with one attached hydrogen (secondary N) is 1. The highest BCUT2D eigenvalue weighted by molar-refractivity contribution is 9.10. The largest absolute Gasteiger partial charge is 0.494 e. The Morgan fingerprint density at radius 1 is 1.14 bits per heavy atom. The molecule has 0 heterocycles. The van der Waals surface area contributed by atoms with Crippen LogP contribution in [0.1, 0.15) is 23.6 Å². The maximum atomic E-state index is 12.8. The van der Waals surface area contributed by atoms with Gasteiger partial charge in [-0.25, -0.2) is 0 Å². The molecule has 0 saturated heterocycles. The summed E-state index contributed by atoms with van der Waals surface area (Å²) in [6.45, 7) is 6.59. The zero-order valence-corrected chi connectivity index (χ0v) is 21.8. The van der Waals surface area contributed by atoms with Crippen LogP contribution in [0.4, 0.5) is 5.69 Å². The van der Waals surface area contributed by atoms with E-state index in [1.54, 1.807) is 43.5 Å². The van der Waals surface area contributed by atoms with Gasteiger partial charge in [-0.1, -0.05) is 40.2 Å². The van der Waals surface area contributed by atoms with Crippen LogP contribution < -0.4 is 19.5 Å². The standard InChI is InChI=1S/C29H27BrN2O4/c1-4-7-22-14-21(16-27(34-3)28(22)36-19-20-10-12-24(30)13-11-20)15-23(18-31)29(33)32-25-8-6-9-26(17-25)35-5-2/h4,6,8-17H,1,5,7,19H2,2-3H3,(H,32,33)/b23-15-. The van der Waals surface area contributed by atoms with E-state index in [2.05, 4.69) is 27.8 Å². The minimum Gasteiger partial charge on any atom is -0.494 e. The summed E-state index contributed by atoms with van der Waals surface area (Å²) in [5.74, 6) is 1.20. The third-order valence-corrected chi connectivity index (χ3v) is 5.64. The highest BCUT2D eigenvalue weighted by Gasteiger charge is 2.15. The monoisotopic (exact) mass is 546 g/mol. The molecule has 0 atom stereocenters. The van der Waals surface area contributed by atoms with E-state index in [0.717, 1.165) is 15.6 Å². The van der Waals surface area contributed by atoms with Gasteiger partial charge >= 0.3 is 0 Å². The zero-order chi connectivity index (χ0) is 25.9. The Kier molecular flexibility index (Phi) is 9.73. The second-order valence-electron chi connectivity index (χ2n) is 7.70. The quantitative estimate of drug-likeness (QED) is 0.164. The molecule has 0 spiro atoms. The maximum Gasteiger partial charge on any atom is 0.266 e. The number of anilines is 1. The van der Waals surface area contributed by atoms with E-state index in [-0.39, 0.29) is 5.57 Å². The van der Waals surface area contributed by atoms with Crippen LogP contribution in [0.25, 0.3) is 6.08 Å². The molecule has 0 unspecified atom stereocenters. The summed E-state index contributed by atoms with van der Waals surface area (Å²) >= 11 is 3.43. The number of hydrogen-bond acceptors (Lipinski definition) is 5. The predicted molar refractivity (Wildman–Crippen MR) is 145 cm³/mol. The van der Waals surface area contributed by atoms with Gasteiger partial charge in [-0.15, -0.1) is 6.58 Å². The molecule has 0 saturated carbocycles. The highest BCUT2D eigenvalue weighted by Crippen LogP contribution is 2.35. The third kappa shape index (κ3) is 7.24. The number of rotatable bonds is 11. The van der Waals surface area contributed by atoms with E-state index < -0.39 is 5.91 Å². The van der Waals surface area contributed by atoms with Crippen molar-refractivity contribution in [1.82, 2.24) is 0 Å². The summed E-state index contributed by atoms with van der Waals surface area (Å²) in [5.41, 5.74) is 2.95. The fourth-order valence-corrected chi connectivity index (χ4v) is 3.73. The summed E-state index contributed by atoms with van der Waals surface area (Å²) in [7, 11) is 1.55. The Bertz CT molecular complexity index is 1290. The SMILES string of the molecule is C=CCc1cc(/C=C(/C#N)C(=O)Nc2cccc(OCC)c2)cc(OC)c1OCc1ccc(Br)cc1. The van der Waals surface area contributed by atoms with Gasteiger partial charge in [0.15, 0.2) is 11.5 Å². The second-order valence-corrected chi connectivity index (χ2v) is 8.62. The van der Waals surface area contributed by atoms with E-state index in [1.165, 1.54) is 6.08 Å². The van der Waals surface area contributed by atoms with Crippen LogP contribution in [-0.2, 0) is 17.8 Å². The molecule has 7 heteroatoms. The number of nitriles is 1. The van der Waals surface area contributed by atoms with Gasteiger partial charge < -0.3 is 19.5 Å². The molecule has 3 aromatic rings. The van der Waals surface area contributed by atoms with Crippen LogP contribution in [0.5, 0.6) is 17.2 Å². The van der Waals surface area contributed by atoms with Crippen molar-refractivity contribution in [3.8, 4) is 23.3 Å². The van der Waals surface area contributed by atoms with Crippen molar-refractivity contribution in [2.75, 3.05) is 19.0 Å². The summed E-state index contributed by atoms with van der Waals surface area (Å²) in [4.78, 5) is 12.8.